The number of fused-ring (bicyclic) bond motifs is 7. The van der Waals surface area contributed by atoms with Gasteiger partial charge in [-0.2, -0.15) is 5.26 Å². The predicted octanol–water partition coefficient (Wildman–Crippen LogP) is 8.09. The van der Waals surface area contributed by atoms with E-state index in [1.807, 2.05) is 23.5 Å². The quantitative estimate of drug-likeness (QED) is 0.266. The lowest BCUT2D eigenvalue weighted by Gasteiger charge is -2.10. The number of thiophene rings is 1. The molecule has 7 rings (SSSR count). The van der Waals surface area contributed by atoms with Gasteiger partial charge in [0.1, 0.15) is 6.07 Å². The molecule has 3 aromatic heterocycles. The highest BCUT2D eigenvalue weighted by Crippen LogP contribution is 2.43. The van der Waals surface area contributed by atoms with Crippen molar-refractivity contribution in [2.24, 2.45) is 0 Å². The maximum atomic E-state index is 9.10. The molecule has 3 heterocycles. The molecule has 0 saturated heterocycles. The van der Waals surface area contributed by atoms with Crippen molar-refractivity contribution < 1.29 is 0 Å². The van der Waals surface area contributed by atoms with Crippen LogP contribution in [-0.4, -0.2) is 9.55 Å². The Kier molecular flexibility index (Phi) is 4.08. The second kappa shape index (κ2) is 7.28. The Labute approximate surface area is 199 Å². The fourth-order valence-corrected chi connectivity index (χ4v) is 6.21. The second-order valence-electron chi connectivity index (χ2n) is 8.38. The topological polar surface area (TPSA) is 41.6 Å². The molecule has 0 atom stereocenters. The maximum Gasteiger partial charge on any atom is 0.101 e. The highest BCUT2D eigenvalue weighted by atomic mass is 32.1. The summed E-state index contributed by atoms with van der Waals surface area (Å²) in [4.78, 5) is 4.50. The number of rotatable bonds is 2. The van der Waals surface area contributed by atoms with Crippen molar-refractivity contribution in [1.82, 2.24) is 9.55 Å². The Morgan fingerprint density at radius 3 is 2.44 bits per heavy atom. The lowest BCUT2D eigenvalue weighted by molar-refractivity contribution is 1.18. The Morgan fingerprint density at radius 1 is 0.735 bits per heavy atom. The van der Waals surface area contributed by atoms with Crippen molar-refractivity contribution in [3.63, 3.8) is 0 Å². The third-order valence-corrected chi connectivity index (χ3v) is 7.68. The number of aromatic nitrogens is 2. The normalized spacial score (nSPS) is 11.5. The molecule has 0 aliphatic rings. The van der Waals surface area contributed by atoms with Crippen molar-refractivity contribution in [2.45, 2.75) is 0 Å². The smallest absolute Gasteiger partial charge is 0.101 e. The van der Waals surface area contributed by atoms with E-state index in [9.17, 15) is 0 Å². The highest BCUT2D eigenvalue weighted by molar-refractivity contribution is 7.26. The van der Waals surface area contributed by atoms with Crippen molar-refractivity contribution >= 4 is 53.3 Å². The lowest BCUT2D eigenvalue weighted by atomic mass is 10.1. The molecule has 34 heavy (non-hydrogen) atoms. The summed E-state index contributed by atoms with van der Waals surface area (Å²) in [5, 5.41) is 14.3. The maximum absolute atomic E-state index is 9.10. The standard InChI is InChI=1S/C30H17N3S/c31-17-19-12-14-25(32-18-19)20-6-5-7-21(16-20)33-26-10-3-1-9-24(26)29-27(33)15-13-23-22-8-2-4-11-28(22)34-30(23)29/h1-16,18H. The first-order valence-electron chi connectivity index (χ1n) is 11.1. The van der Waals surface area contributed by atoms with Gasteiger partial charge in [-0.25, -0.2) is 0 Å². The van der Waals surface area contributed by atoms with Crippen molar-refractivity contribution in [1.29, 1.82) is 5.26 Å². The second-order valence-corrected chi connectivity index (χ2v) is 9.43. The molecule has 158 valence electrons. The summed E-state index contributed by atoms with van der Waals surface area (Å²) in [6, 6.07) is 36.1. The average molecular weight is 452 g/mol. The summed E-state index contributed by atoms with van der Waals surface area (Å²) in [5.41, 5.74) is 5.92. The number of para-hydroxylation sites is 1. The molecule has 0 amide bonds. The molecule has 4 heteroatoms. The van der Waals surface area contributed by atoms with Crippen LogP contribution < -0.4 is 0 Å². The molecule has 0 radical (unpaired) electrons. The summed E-state index contributed by atoms with van der Waals surface area (Å²) in [6.45, 7) is 0. The number of pyridine rings is 1. The van der Waals surface area contributed by atoms with Crippen LogP contribution in [-0.2, 0) is 0 Å². The Balaban J connectivity index is 1.53. The average Bonchev–Trinajstić information content (AvgIpc) is 3.44. The van der Waals surface area contributed by atoms with Gasteiger partial charge in [0.25, 0.3) is 0 Å². The Hall–Kier alpha value is -4.46. The molecule has 0 N–H and O–H groups in total. The summed E-state index contributed by atoms with van der Waals surface area (Å²) in [6.07, 6.45) is 1.63. The molecule has 0 aliphatic carbocycles. The lowest BCUT2D eigenvalue weighted by Crippen LogP contribution is -1.94. The number of nitriles is 1. The minimum atomic E-state index is 0.564. The van der Waals surface area contributed by atoms with Gasteiger partial charge in [0.05, 0.1) is 22.3 Å². The van der Waals surface area contributed by atoms with Crippen molar-refractivity contribution in [2.75, 3.05) is 0 Å². The van der Waals surface area contributed by atoms with Gasteiger partial charge in [-0.1, -0.05) is 54.6 Å². The number of hydrogen-bond donors (Lipinski definition) is 0. The predicted molar refractivity (Wildman–Crippen MR) is 142 cm³/mol. The van der Waals surface area contributed by atoms with Crippen LogP contribution in [0.1, 0.15) is 5.56 Å². The summed E-state index contributed by atoms with van der Waals surface area (Å²) < 4.78 is 5.00. The minimum absolute atomic E-state index is 0.564. The molecule has 3 nitrogen and oxygen atoms in total. The van der Waals surface area contributed by atoms with E-state index >= 15 is 0 Å². The van der Waals surface area contributed by atoms with Crippen LogP contribution in [0.4, 0.5) is 0 Å². The van der Waals surface area contributed by atoms with E-state index in [-0.39, 0.29) is 0 Å². The molecule has 0 aliphatic heterocycles. The van der Waals surface area contributed by atoms with E-state index in [1.165, 1.54) is 42.0 Å². The van der Waals surface area contributed by atoms with Crippen molar-refractivity contribution in [3.05, 3.63) is 109 Å². The number of hydrogen-bond acceptors (Lipinski definition) is 3. The van der Waals surface area contributed by atoms with Crippen LogP contribution in [0.25, 0.3) is 58.9 Å². The largest absolute Gasteiger partial charge is 0.309 e. The first-order chi connectivity index (χ1) is 16.8. The van der Waals surface area contributed by atoms with Gasteiger partial charge in [0, 0.05) is 48.4 Å². The zero-order valence-electron chi connectivity index (χ0n) is 18.1. The fraction of sp³-hybridized carbons (Fsp3) is 0. The molecule has 0 unspecified atom stereocenters. The SMILES string of the molecule is N#Cc1ccc(-c2cccc(-n3c4ccccc4c4c5sc6ccccc6c5ccc43)c2)nc1. The molecule has 4 aromatic carbocycles. The van der Waals surface area contributed by atoms with Gasteiger partial charge in [0.2, 0.25) is 0 Å². The number of benzene rings is 4. The highest BCUT2D eigenvalue weighted by Gasteiger charge is 2.17. The van der Waals surface area contributed by atoms with Crippen LogP contribution in [0.15, 0.2) is 103 Å². The zero-order chi connectivity index (χ0) is 22.6. The van der Waals surface area contributed by atoms with Gasteiger partial charge in [-0.15, -0.1) is 11.3 Å². The monoisotopic (exact) mass is 451 g/mol. The van der Waals surface area contributed by atoms with Gasteiger partial charge in [0.15, 0.2) is 0 Å². The van der Waals surface area contributed by atoms with E-state index in [4.69, 9.17) is 5.26 Å². The first-order valence-corrected chi connectivity index (χ1v) is 11.9. The minimum Gasteiger partial charge on any atom is -0.309 e. The van der Waals surface area contributed by atoms with Gasteiger partial charge in [-0.05, 0) is 42.5 Å². The molecule has 0 saturated carbocycles. The van der Waals surface area contributed by atoms with E-state index < -0.39 is 0 Å². The molecular weight excluding hydrogens is 434 g/mol. The Bertz CT molecular complexity index is 1920. The van der Waals surface area contributed by atoms with Crippen LogP contribution in [0.5, 0.6) is 0 Å². The summed E-state index contributed by atoms with van der Waals surface area (Å²) in [7, 11) is 0. The van der Waals surface area contributed by atoms with E-state index in [2.05, 4.69) is 101 Å². The third kappa shape index (κ3) is 2.71. The van der Waals surface area contributed by atoms with Crippen LogP contribution in [0.2, 0.25) is 0 Å². The van der Waals surface area contributed by atoms with Gasteiger partial charge in [-0.3, -0.25) is 4.98 Å². The van der Waals surface area contributed by atoms with Gasteiger partial charge >= 0.3 is 0 Å². The van der Waals surface area contributed by atoms with Gasteiger partial charge < -0.3 is 4.57 Å². The van der Waals surface area contributed by atoms with E-state index in [1.54, 1.807) is 6.20 Å². The van der Waals surface area contributed by atoms with Crippen LogP contribution in [0, 0.1) is 11.3 Å². The summed E-state index contributed by atoms with van der Waals surface area (Å²) in [5.74, 6) is 0. The molecule has 7 aromatic rings. The molecule has 0 bridgehead atoms. The molecule has 0 fully saturated rings. The summed E-state index contributed by atoms with van der Waals surface area (Å²) >= 11 is 1.87. The fourth-order valence-electron chi connectivity index (χ4n) is 4.95. The van der Waals surface area contributed by atoms with E-state index in [0.717, 1.165) is 16.9 Å². The van der Waals surface area contributed by atoms with Crippen LogP contribution in [0.3, 0.4) is 0 Å². The first kappa shape index (κ1) is 19.0. The third-order valence-electron chi connectivity index (χ3n) is 6.47. The van der Waals surface area contributed by atoms with Crippen LogP contribution >= 0.6 is 11.3 Å². The van der Waals surface area contributed by atoms with Crippen molar-refractivity contribution in [3.8, 4) is 23.0 Å². The Morgan fingerprint density at radius 2 is 1.59 bits per heavy atom. The van der Waals surface area contributed by atoms with E-state index in [0.29, 0.717) is 5.56 Å². The zero-order valence-corrected chi connectivity index (χ0v) is 18.9. The number of nitrogens with zero attached hydrogens (tertiary/aromatic N) is 3. The molecular formula is C30H17N3S. The molecule has 0 spiro atoms.